The first-order chi connectivity index (χ1) is 8.25. The molecule has 0 spiro atoms. The average Bonchev–Trinajstić information content (AvgIpc) is 2.76. The molecule has 0 radical (unpaired) electrons. The van der Waals surface area contributed by atoms with Crippen molar-refractivity contribution in [2.24, 2.45) is 0 Å². The van der Waals surface area contributed by atoms with Gasteiger partial charge in [-0.3, -0.25) is 0 Å². The van der Waals surface area contributed by atoms with Crippen LogP contribution in [0.2, 0.25) is 0 Å². The second kappa shape index (κ2) is 5.84. The summed E-state index contributed by atoms with van der Waals surface area (Å²) < 4.78 is 5.25. The summed E-state index contributed by atoms with van der Waals surface area (Å²) in [5.74, 6) is 2.42. The Labute approximate surface area is 104 Å². The molecule has 0 aliphatic rings. The first-order valence-corrected chi connectivity index (χ1v) is 6.51. The summed E-state index contributed by atoms with van der Waals surface area (Å²) in [4.78, 5) is 0. The van der Waals surface area contributed by atoms with E-state index in [-0.39, 0.29) is 0 Å². The van der Waals surface area contributed by atoms with Crippen LogP contribution >= 0.6 is 11.8 Å². The molecule has 1 atom stereocenters. The number of hydrogen-bond acceptors (Lipinski definition) is 5. The van der Waals surface area contributed by atoms with E-state index >= 15 is 0 Å². The van der Waals surface area contributed by atoms with Crippen molar-refractivity contribution in [1.82, 2.24) is 10.2 Å². The predicted molar refractivity (Wildman–Crippen MR) is 66.6 cm³/mol. The second-order valence-corrected chi connectivity index (χ2v) is 4.69. The highest BCUT2D eigenvalue weighted by Crippen LogP contribution is 2.20. The van der Waals surface area contributed by atoms with Crippen molar-refractivity contribution in [3.8, 4) is 0 Å². The average molecular weight is 250 g/mol. The third-order valence-electron chi connectivity index (χ3n) is 2.25. The highest BCUT2D eigenvalue weighted by Gasteiger charge is 2.08. The minimum atomic E-state index is -0.454. The van der Waals surface area contributed by atoms with Gasteiger partial charge in [-0.15, -0.1) is 22.0 Å². The highest BCUT2D eigenvalue weighted by molar-refractivity contribution is 7.98. The van der Waals surface area contributed by atoms with E-state index in [1.807, 2.05) is 30.3 Å². The van der Waals surface area contributed by atoms with Crippen LogP contribution in [0.4, 0.5) is 0 Å². The lowest BCUT2D eigenvalue weighted by molar-refractivity contribution is 0.204. The summed E-state index contributed by atoms with van der Waals surface area (Å²) in [5.41, 5.74) is 0.932. The van der Waals surface area contributed by atoms with Gasteiger partial charge in [0.25, 0.3) is 0 Å². The molecule has 1 N–H and O–H groups in total. The number of hydrogen-bond donors (Lipinski definition) is 1. The van der Waals surface area contributed by atoms with Crippen LogP contribution in [0.25, 0.3) is 0 Å². The summed E-state index contributed by atoms with van der Waals surface area (Å²) in [7, 11) is 0. The van der Waals surface area contributed by atoms with Crippen molar-refractivity contribution in [1.29, 1.82) is 0 Å². The number of rotatable bonds is 5. The molecule has 1 unspecified atom stereocenters. The van der Waals surface area contributed by atoms with E-state index in [1.165, 1.54) is 0 Å². The topological polar surface area (TPSA) is 59.2 Å². The van der Waals surface area contributed by atoms with Crippen LogP contribution < -0.4 is 0 Å². The van der Waals surface area contributed by atoms with Gasteiger partial charge < -0.3 is 9.52 Å². The van der Waals surface area contributed by atoms with Crippen molar-refractivity contribution in [2.45, 2.75) is 18.8 Å². The fourth-order valence-corrected chi connectivity index (χ4v) is 2.25. The maximum Gasteiger partial charge on any atom is 0.226 e. The zero-order chi connectivity index (χ0) is 12.1. The van der Waals surface area contributed by atoms with Gasteiger partial charge in [0.15, 0.2) is 0 Å². The molecular weight excluding hydrogens is 236 g/mol. The van der Waals surface area contributed by atoms with Crippen molar-refractivity contribution >= 4 is 11.8 Å². The van der Waals surface area contributed by atoms with Crippen LogP contribution in [0, 0.1) is 6.92 Å². The molecule has 0 saturated heterocycles. The highest BCUT2D eigenvalue weighted by atomic mass is 32.2. The molecule has 1 heterocycles. The van der Waals surface area contributed by atoms with Gasteiger partial charge in [-0.05, 0) is 5.56 Å². The molecule has 90 valence electrons. The molecule has 0 aliphatic heterocycles. The summed E-state index contributed by atoms with van der Waals surface area (Å²) in [6, 6.07) is 9.61. The quantitative estimate of drug-likeness (QED) is 0.882. The van der Waals surface area contributed by atoms with E-state index in [2.05, 4.69) is 10.2 Å². The summed E-state index contributed by atoms with van der Waals surface area (Å²) in [5, 5.41) is 17.6. The van der Waals surface area contributed by atoms with Crippen molar-refractivity contribution in [3.63, 3.8) is 0 Å². The molecule has 5 heteroatoms. The van der Waals surface area contributed by atoms with Crippen LogP contribution in [0.1, 0.15) is 23.4 Å². The maximum atomic E-state index is 9.92. The SMILES string of the molecule is Cc1nnc(CSCC(O)c2ccccc2)o1. The fourth-order valence-electron chi connectivity index (χ4n) is 1.43. The lowest BCUT2D eigenvalue weighted by atomic mass is 10.1. The van der Waals surface area contributed by atoms with E-state index in [4.69, 9.17) is 4.42 Å². The first kappa shape index (κ1) is 12.1. The molecule has 0 fully saturated rings. The summed E-state index contributed by atoms with van der Waals surface area (Å²) in [6.45, 7) is 1.76. The third-order valence-corrected chi connectivity index (χ3v) is 3.26. The molecule has 4 nitrogen and oxygen atoms in total. The van der Waals surface area contributed by atoms with Gasteiger partial charge in [0.2, 0.25) is 11.8 Å². The fraction of sp³-hybridized carbons (Fsp3) is 0.333. The standard InChI is InChI=1S/C12H14N2O2S/c1-9-13-14-12(16-9)8-17-7-11(15)10-5-3-2-4-6-10/h2-6,11,15H,7-8H2,1H3. The van der Waals surface area contributed by atoms with Gasteiger partial charge in [-0.2, -0.15) is 0 Å². The van der Waals surface area contributed by atoms with Gasteiger partial charge in [0.1, 0.15) is 0 Å². The second-order valence-electron chi connectivity index (χ2n) is 3.66. The van der Waals surface area contributed by atoms with Gasteiger partial charge in [0.05, 0.1) is 11.9 Å². The molecule has 17 heavy (non-hydrogen) atoms. The van der Waals surface area contributed by atoms with Gasteiger partial charge in [-0.25, -0.2) is 0 Å². The predicted octanol–water partition coefficient (Wildman–Crippen LogP) is 2.34. The normalized spacial score (nSPS) is 12.6. The van der Waals surface area contributed by atoms with Crippen LogP contribution in [0.3, 0.4) is 0 Å². The largest absolute Gasteiger partial charge is 0.425 e. The Morgan fingerprint density at radius 1 is 1.29 bits per heavy atom. The zero-order valence-corrected chi connectivity index (χ0v) is 10.4. The van der Waals surface area contributed by atoms with Crippen molar-refractivity contribution < 1.29 is 9.52 Å². The lowest BCUT2D eigenvalue weighted by Gasteiger charge is -2.09. The Bertz CT molecular complexity index is 459. The third kappa shape index (κ3) is 3.57. The van der Waals surface area contributed by atoms with E-state index < -0.39 is 6.10 Å². The number of aryl methyl sites for hydroxylation is 1. The van der Waals surface area contributed by atoms with E-state index in [9.17, 15) is 5.11 Å². The van der Waals surface area contributed by atoms with Crippen LogP contribution in [-0.2, 0) is 5.75 Å². The minimum Gasteiger partial charge on any atom is -0.425 e. The molecule has 0 aliphatic carbocycles. The van der Waals surface area contributed by atoms with Crippen molar-refractivity contribution in [2.75, 3.05) is 5.75 Å². The summed E-state index contributed by atoms with van der Waals surface area (Å²) in [6.07, 6.45) is -0.454. The smallest absolute Gasteiger partial charge is 0.226 e. The molecule has 2 aromatic rings. The first-order valence-electron chi connectivity index (χ1n) is 5.35. The van der Waals surface area contributed by atoms with Crippen LogP contribution in [0.5, 0.6) is 0 Å². The lowest BCUT2D eigenvalue weighted by Crippen LogP contribution is -2.00. The van der Waals surface area contributed by atoms with E-state index in [0.29, 0.717) is 23.3 Å². The number of benzene rings is 1. The Hall–Kier alpha value is -1.33. The molecule has 0 saturated carbocycles. The zero-order valence-electron chi connectivity index (χ0n) is 9.54. The Morgan fingerprint density at radius 3 is 2.71 bits per heavy atom. The van der Waals surface area contributed by atoms with Gasteiger partial charge in [-0.1, -0.05) is 30.3 Å². The molecule has 2 rings (SSSR count). The van der Waals surface area contributed by atoms with Crippen LogP contribution in [0.15, 0.2) is 34.7 Å². The number of aromatic nitrogens is 2. The molecular formula is C12H14N2O2S. The Balaban J connectivity index is 1.79. The summed E-state index contributed by atoms with van der Waals surface area (Å²) >= 11 is 1.58. The monoisotopic (exact) mass is 250 g/mol. The molecule has 0 bridgehead atoms. The van der Waals surface area contributed by atoms with E-state index in [1.54, 1.807) is 18.7 Å². The molecule has 1 aromatic heterocycles. The molecule has 1 aromatic carbocycles. The maximum absolute atomic E-state index is 9.92. The van der Waals surface area contributed by atoms with E-state index in [0.717, 1.165) is 5.56 Å². The van der Waals surface area contributed by atoms with Crippen LogP contribution in [-0.4, -0.2) is 21.1 Å². The number of thioether (sulfide) groups is 1. The number of aliphatic hydroxyl groups excluding tert-OH is 1. The number of aliphatic hydroxyl groups is 1. The molecule has 0 amide bonds. The Morgan fingerprint density at radius 2 is 2.06 bits per heavy atom. The van der Waals surface area contributed by atoms with Gasteiger partial charge in [0, 0.05) is 12.7 Å². The van der Waals surface area contributed by atoms with Crippen molar-refractivity contribution in [3.05, 3.63) is 47.7 Å². The Kier molecular flexibility index (Phi) is 4.17. The van der Waals surface area contributed by atoms with Gasteiger partial charge >= 0.3 is 0 Å². The number of nitrogens with zero attached hydrogens (tertiary/aromatic N) is 2. The minimum absolute atomic E-state index is 0.454.